The molecule has 1 amide bonds. The number of carbonyl (C=O) groups excluding carboxylic acids is 1. The summed E-state index contributed by atoms with van der Waals surface area (Å²) in [5.41, 5.74) is -0.0613. The first kappa shape index (κ1) is 15.4. The number of nitrogens with one attached hydrogen (secondary N) is 1. The Morgan fingerprint density at radius 3 is 2.54 bits per heavy atom. The highest BCUT2D eigenvalue weighted by molar-refractivity contribution is 5.98. The van der Waals surface area contributed by atoms with Crippen LogP contribution in [0.25, 0.3) is 0 Å². The number of anilines is 1. The molecule has 0 aromatic heterocycles. The normalized spacial score (nSPS) is 33.6. The van der Waals surface area contributed by atoms with Crippen molar-refractivity contribution >= 4 is 17.6 Å². The summed E-state index contributed by atoms with van der Waals surface area (Å²) >= 11 is 0. The lowest BCUT2D eigenvalue weighted by Crippen LogP contribution is -2.32. The Morgan fingerprint density at radius 2 is 1.88 bits per heavy atom. The number of carboxylic acids is 1. The SMILES string of the molecule is O=C(O)C12CCC(C(=O)Nc3cccc4c3OCCC4O)(CC1)C2. The first-order chi connectivity index (χ1) is 11.5. The molecule has 2 bridgehead atoms. The van der Waals surface area contributed by atoms with Gasteiger partial charge in [0, 0.05) is 12.0 Å². The molecule has 4 rings (SSSR count). The van der Waals surface area contributed by atoms with Gasteiger partial charge in [0.05, 0.1) is 29.2 Å². The van der Waals surface area contributed by atoms with Crippen molar-refractivity contribution in [2.45, 2.75) is 44.6 Å². The van der Waals surface area contributed by atoms with Crippen LogP contribution in [0.2, 0.25) is 0 Å². The lowest BCUT2D eigenvalue weighted by atomic mass is 9.81. The first-order valence-corrected chi connectivity index (χ1v) is 8.45. The number of aliphatic carboxylic acids is 1. The molecule has 0 saturated heterocycles. The largest absolute Gasteiger partial charge is 0.491 e. The molecule has 128 valence electrons. The third kappa shape index (κ3) is 2.13. The summed E-state index contributed by atoms with van der Waals surface area (Å²) in [6, 6.07) is 5.35. The standard InChI is InChI=1S/C18H21NO5/c20-13-4-9-24-14-11(13)2-1-3-12(14)19-15(21)17-5-7-18(10-17,8-6-17)16(22)23/h1-3,13,20H,4-10H2,(H,19,21)(H,22,23). The van der Waals surface area contributed by atoms with E-state index in [0.717, 1.165) is 0 Å². The van der Waals surface area contributed by atoms with Gasteiger partial charge in [0.25, 0.3) is 0 Å². The van der Waals surface area contributed by atoms with Gasteiger partial charge in [-0.25, -0.2) is 0 Å². The molecule has 3 aliphatic rings. The molecular formula is C18H21NO5. The van der Waals surface area contributed by atoms with Crippen molar-refractivity contribution in [3.63, 3.8) is 0 Å². The number of fused-ring (bicyclic) bond motifs is 3. The van der Waals surface area contributed by atoms with Crippen LogP contribution in [0, 0.1) is 10.8 Å². The monoisotopic (exact) mass is 331 g/mol. The number of para-hydroxylation sites is 1. The van der Waals surface area contributed by atoms with Crippen LogP contribution in [0.1, 0.15) is 50.2 Å². The number of hydrogen-bond acceptors (Lipinski definition) is 4. The average Bonchev–Trinajstić information content (AvgIpc) is 3.15. The molecule has 1 atom stereocenters. The van der Waals surface area contributed by atoms with E-state index in [1.54, 1.807) is 18.2 Å². The molecule has 1 heterocycles. The van der Waals surface area contributed by atoms with Crippen LogP contribution in [-0.4, -0.2) is 28.7 Å². The third-order valence-electron chi connectivity index (χ3n) is 6.07. The minimum absolute atomic E-state index is 0.125. The van der Waals surface area contributed by atoms with E-state index in [4.69, 9.17) is 4.74 Å². The zero-order valence-corrected chi connectivity index (χ0v) is 13.4. The minimum Gasteiger partial charge on any atom is -0.491 e. The van der Waals surface area contributed by atoms with Gasteiger partial charge in [-0.15, -0.1) is 0 Å². The zero-order chi connectivity index (χ0) is 16.9. The maximum absolute atomic E-state index is 12.9. The number of carbonyl (C=O) groups is 2. The predicted molar refractivity (Wildman–Crippen MR) is 85.7 cm³/mol. The molecule has 6 heteroatoms. The molecule has 1 aromatic rings. The summed E-state index contributed by atoms with van der Waals surface area (Å²) in [4.78, 5) is 24.5. The third-order valence-corrected chi connectivity index (χ3v) is 6.07. The lowest BCUT2D eigenvalue weighted by molar-refractivity contribution is -0.148. The highest BCUT2D eigenvalue weighted by Crippen LogP contribution is 2.62. The molecule has 2 fully saturated rings. The second-order valence-electron chi connectivity index (χ2n) is 7.37. The Balaban J connectivity index is 1.58. The smallest absolute Gasteiger partial charge is 0.309 e. The van der Waals surface area contributed by atoms with Crippen molar-refractivity contribution in [2.24, 2.45) is 10.8 Å². The number of ether oxygens (including phenoxy) is 1. The Kier molecular flexibility index (Phi) is 3.35. The zero-order valence-electron chi connectivity index (χ0n) is 13.4. The van der Waals surface area contributed by atoms with Gasteiger partial charge < -0.3 is 20.3 Å². The van der Waals surface area contributed by atoms with Crippen molar-refractivity contribution in [1.29, 1.82) is 0 Å². The van der Waals surface area contributed by atoms with E-state index in [1.165, 1.54) is 0 Å². The van der Waals surface area contributed by atoms with E-state index in [0.29, 0.717) is 62.1 Å². The number of rotatable bonds is 3. The van der Waals surface area contributed by atoms with Crippen LogP contribution in [0.3, 0.4) is 0 Å². The predicted octanol–water partition coefficient (Wildman–Crippen LogP) is 2.48. The number of amides is 1. The van der Waals surface area contributed by atoms with E-state index in [2.05, 4.69) is 5.32 Å². The Morgan fingerprint density at radius 1 is 1.17 bits per heavy atom. The van der Waals surface area contributed by atoms with Gasteiger partial charge in [-0.2, -0.15) is 0 Å². The summed E-state index contributed by atoms with van der Waals surface area (Å²) in [5.74, 6) is -0.375. The number of carboxylic acid groups (broad SMARTS) is 1. The van der Waals surface area contributed by atoms with Gasteiger partial charge in [0.1, 0.15) is 5.75 Å². The number of benzene rings is 1. The van der Waals surface area contributed by atoms with Crippen molar-refractivity contribution in [1.82, 2.24) is 0 Å². The fourth-order valence-corrected chi connectivity index (χ4v) is 4.57. The van der Waals surface area contributed by atoms with Gasteiger partial charge in [-0.1, -0.05) is 12.1 Å². The molecule has 2 aliphatic carbocycles. The van der Waals surface area contributed by atoms with Crippen LogP contribution < -0.4 is 10.1 Å². The van der Waals surface area contributed by atoms with E-state index in [-0.39, 0.29) is 5.91 Å². The molecule has 0 radical (unpaired) electrons. The molecule has 0 spiro atoms. The van der Waals surface area contributed by atoms with Crippen LogP contribution >= 0.6 is 0 Å². The minimum atomic E-state index is -0.779. The van der Waals surface area contributed by atoms with E-state index in [1.807, 2.05) is 0 Å². The van der Waals surface area contributed by atoms with Crippen LogP contribution in [-0.2, 0) is 9.59 Å². The number of hydrogen-bond donors (Lipinski definition) is 3. The molecule has 1 unspecified atom stereocenters. The van der Waals surface area contributed by atoms with Crippen molar-refractivity contribution in [3.8, 4) is 5.75 Å². The van der Waals surface area contributed by atoms with E-state index in [9.17, 15) is 19.8 Å². The molecule has 3 N–H and O–H groups in total. The maximum atomic E-state index is 12.9. The van der Waals surface area contributed by atoms with Gasteiger partial charge in [0.2, 0.25) is 5.91 Å². The highest BCUT2D eigenvalue weighted by Gasteiger charge is 2.61. The summed E-state index contributed by atoms with van der Waals surface area (Å²) in [6.45, 7) is 0.411. The van der Waals surface area contributed by atoms with Gasteiger partial charge in [0.15, 0.2) is 0 Å². The lowest BCUT2D eigenvalue weighted by Gasteiger charge is -2.28. The van der Waals surface area contributed by atoms with Crippen molar-refractivity contribution < 1.29 is 24.5 Å². The van der Waals surface area contributed by atoms with Crippen LogP contribution in [0.5, 0.6) is 5.75 Å². The summed E-state index contributed by atoms with van der Waals surface area (Å²) < 4.78 is 5.65. The number of aliphatic hydroxyl groups excluding tert-OH is 1. The fraction of sp³-hybridized carbons (Fsp3) is 0.556. The topological polar surface area (TPSA) is 95.9 Å². The Hall–Kier alpha value is -2.08. The average molecular weight is 331 g/mol. The van der Waals surface area contributed by atoms with Gasteiger partial charge >= 0.3 is 5.97 Å². The van der Waals surface area contributed by atoms with E-state index >= 15 is 0 Å². The molecule has 2 saturated carbocycles. The van der Waals surface area contributed by atoms with Gasteiger partial charge in [-0.3, -0.25) is 9.59 Å². The molecule has 6 nitrogen and oxygen atoms in total. The Labute approximate surface area is 139 Å². The summed E-state index contributed by atoms with van der Waals surface area (Å²) in [6.07, 6.45) is 2.74. The molecule has 1 aliphatic heterocycles. The van der Waals surface area contributed by atoms with Gasteiger partial charge in [-0.05, 0) is 38.2 Å². The molecule has 24 heavy (non-hydrogen) atoms. The summed E-state index contributed by atoms with van der Waals surface area (Å²) in [7, 11) is 0. The van der Waals surface area contributed by atoms with Crippen LogP contribution in [0.15, 0.2) is 18.2 Å². The fourth-order valence-electron chi connectivity index (χ4n) is 4.57. The quantitative estimate of drug-likeness (QED) is 0.791. The van der Waals surface area contributed by atoms with E-state index < -0.39 is 22.9 Å². The second-order valence-corrected chi connectivity index (χ2v) is 7.37. The number of aliphatic hydroxyl groups is 1. The molecular weight excluding hydrogens is 310 g/mol. The second kappa shape index (κ2) is 5.21. The van der Waals surface area contributed by atoms with Crippen LogP contribution in [0.4, 0.5) is 5.69 Å². The van der Waals surface area contributed by atoms with Crippen molar-refractivity contribution in [3.05, 3.63) is 23.8 Å². The first-order valence-electron chi connectivity index (χ1n) is 8.45. The Bertz CT molecular complexity index is 705. The summed E-state index contributed by atoms with van der Waals surface area (Å²) in [5, 5.41) is 22.5. The maximum Gasteiger partial charge on any atom is 0.309 e. The highest BCUT2D eigenvalue weighted by atomic mass is 16.5. The van der Waals surface area contributed by atoms with Crippen molar-refractivity contribution in [2.75, 3.05) is 11.9 Å². The molecule has 1 aromatic carbocycles.